The fraction of sp³-hybridized carbons (Fsp3) is 0.240. The van der Waals surface area contributed by atoms with E-state index in [2.05, 4.69) is 15.4 Å². The zero-order valence-corrected chi connectivity index (χ0v) is 19.3. The van der Waals surface area contributed by atoms with Gasteiger partial charge in [0.25, 0.3) is 0 Å². The van der Waals surface area contributed by atoms with E-state index in [1.165, 1.54) is 0 Å². The Morgan fingerprint density at radius 2 is 1.76 bits per heavy atom. The van der Waals surface area contributed by atoms with Crippen molar-refractivity contribution in [2.45, 2.75) is 13.0 Å². The van der Waals surface area contributed by atoms with Crippen LogP contribution in [0.1, 0.15) is 5.56 Å². The molecule has 0 aliphatic rings. The number of methoxy groups -OCH3 is 3. The molecule has 0 aliphatic carbocycles. The van der Waals surface area contributed by atoms with Crippen LogP contribution in [0, 0.1) is 0 Å². The predicted molar refractivity (Wildman–Crippen MR) is 128 cm³/mol. The molecule has 9 heteroatoms. The molecule has 176 valence electrons. The average molecular weight is 463 g/mol. The molecule has 0 aliphatic heterocycles. The number of amides is 1. The number of pyridine rings is 1. The number of nitrogens with zero attached hydrogens (tertiary/aromatic N) is 3. The Morgan fingerprint density at radius 3 is 2.50 bits per heavy atom. The van der Waals surface area contributed by atoms with Crippen LogP contribution in [-0.2, 0) is 22.5 Å². The third-order valence-corrected chi connectivity index (χ3v) is 5.16. The summed E-state index contributed by atoms with van der Waals surface area (Å²) >= 11 is 0. The summed E-state index contributed by atoms with van der Waals surface area (Å²) in [6.45, 7) is 1.18. The molecule has 2 heterocycles. The van der Waals surface area contributed by atoms with Crippen LogP contribution in [0.2, 0.25) is 0 Å². The second-order valence-corrected chi connectivity index (χ2v) is 7.49. The predicted octanol–water partition coefficient (Wildman–Crippen LogP) is 4.07. The minimum atomic E-state index is -0.124. The second kappa shape index (κ2) is 10.7. The Kier molecular flexibility index (Phi) is 7.24. The summed E-state index contributed by atoms with van der Waals surface area (Å²) in [4.78, 5) is 16.8. The first-order valence-corrected chi connectivity index (χ1v) is 10.7. The standard InChI is InChI=1S/C25H26N4O5/c1-31-11-10-29-16-18(15-27-29)28-25(30)12-17-4-6-19(7-5-17)34-22-8-9-26-21-14-24(33-3)23(32-2)13-20(21)22/h4-9,13-16H,10-12H2,1-3H3,(H,28,30). The number of hydrogen-bond acceptors (Lipinski definition) is 7. The molecule has 0 atom stereocenters. The van der Waals surface area contributed by atoms with Gasteiger partial charge in [0.05, 0.1) is 51.2 Å². The number of aromatic nitrogens is 3. The van der Waals surface area contributed by atoms with Gasteiger partial charge in [-0.2, -0.15) is 5.10 Å². The van der Waals surface area contributed by atoms with Crippen LogP contribution in [0.3, 0.4) is 0 Å². The van der Waals surface area contributed by atoms with Crippen LogP contribution < -0.4 is 19.5 Å². The first kappa shape index (κ1) is 23.1. The molecule has 1 amide bonds. The Morgan fingerprint density at radius 1 is 1.00 bits per heavy atom. The van der Waals surface area contributed by atoms with Crippen molar-refractivity contribution < 1.29 is 23.7 Å². The van der Waals surface area contributed by atoms with Gasteiger partial charge < -0.3 is 24.3 Å². The normalized spacial score (nSPS) is 10.8. The van der Waals surface area contributed by atoms with E-state index in [1.54, 1.807) is 50.7 Å². The number of nitrogens with one attached hydrogen (secondary N) is 1. The van der Waals surface area contributed by atoms with E-state index in [1.807, 2.05) is 36.4 Å². The summed E-state index contributed by atoms with van der Waals surface area (Å²) in [7, 11) is 4.81. The van der Waals surface area contributed by atoms with Crippen molar-refractivity contribution in [2.75, 3.05) is 33.3 Å². The molecule has 0 bridgehead atoms. The van der Waals surface area contributed by atoms with Gasteiger partial charge >= 0.3 is 0 Å². The second-order valence-electron chi connectivity index (χ2n) is 7.49. The van der Waals surface area contributed by atoms with Crippen LogP contribution in [0.15, 0.2) is 61.1 Å². The van der Waals surface area contributed by atoms with Gasteiger partial charge in [-0.15, -0.1) is 0 Å². The molecular formula is C25H26N4O5. The monoisotopic (exact) mass is 462 g/mol. The first-order valence-electron chi connectivity index (χ1n) is 10.7. The van der Waals surface area contributed by atoms with E-state index in [9.17, 15) is 4.79 Å². The molecule has 4 rings (SSSR count). The summed E-state index contributed by atoms with van der Waals surface area (Å²) in [6, 6.07) is 12.8. The number of anilines is 1. The Balaban J connectivity index is 1.41. The van der Waals surface area contributed by atoms with Gasteiger partial charge in [-0.3, -0.25) is 14.5 Å². The van der Waals surface area contributed by atoms with Gasteiger partial charge in [-0.05, 0) is 29.8 Å². The van der Waals surface area contributed by atoms with Crippen molar-refractivity contribution in [1.29, 1.82) is 0 Å². The topological polar surface area (TPSA) is 96.7 Å². The molecule has 34 heavy (non-hydrogen) atoms. The molecule has 2 aromatic heterocycles. The maximum Gasteiger partial charge on any atom is 0.228 e. The number of carbonyl (C=O) groups excluding carboxylic acids is 1. The van der Waals surface area contributed by atoms with E-state index >= 15 is 0 Å². The van der Waals surface area contributed by atoms with E-state index in [0.29, 0.717) is 41.8 Å². The maximum atomic E-state index is 12.4. The maximum absolute atomic E-state index is 12.4. The molecule has 2 aromatic carbocycles. The number of hydrogen-bond donors (Lipinski definition) is 1. The summed E-state index contributed by atoms with van der Waals surface area (Å²) < 4.78 is 23.6. The SMILES string of the molecule is COCCn1cc(NC(=O)Cc2ccc(Oc3ccnc4cc(OC)c(OC)cc34)cc2)cn1. The van der Waals surface area contributed by atoms with Gasteiger partial charge in [0, 0.05) is 31.0 Å². The lowest BCUT2D eigenvalue weighted by Crippen LogP contribution is -2.14. The molecule has 0 fully saturated rings. The molecule has 1 N–H and O–H groups in total. The van der Waals surface area contributed by atoms with Gasteiger partial charge in [0.1, 0.15) is 11.5 Å². The molecule has 0 spiro atoms. The lowest BCUT2D eigenvalue weighted by molar-refractivity contribution is -0.115. The lowest BCUT2D eigenvalue weighted by atomic mass is 10.1. The van der Waals surface area contributed by atoms with Gasteiger partial charge in [-0.1, -0.05) is 12.1 Å². The zero-order valence-electron chi connectivity index (χ0n) is 19.3. The molecule has 4 aromatic rings. The highest BCUT2D eigenvalue weighted by molar-refractivity contribution is 5.92. The molecule has 0 saturated heterocycles. The highest BCUT2D eigenvalue weighted by Crippen LogP contribution is 2.36. The van der Waals surface area contributed by atoms with E-state index in [0.717, 1.165) is 16.5 Å². The zero-order chi connectivity index (χ0) is 23.9. The number of rotatable bonds is 10. The van der Waals surface area contributed by atoms with Crippen molar-refractivity contribution >= 4 is 22.5 Å². The van der Waals surface area contributed by atoms with Crippen molar-refractivity contribution in [3.63, 3.8) is 0 Å². The summed E-state index contributed by atoms with van der Waals surface area (Å²) in [5, 5.41) is 7.85. The fourth-order valence-corrected chi connectivity index (χ4v) is 3.46. The number of fused-ring (bicyclic) bond motifs is 1. The Labute approximate surface area is 197 Å². The minimum absolute atomic E-state index is 0.124. The van der Waals surface area contributed by atoms with Crippen molar-refractivity contribution in [3.8, 4) is 23.0 Å². The van der Waals surface area contributed by atoms with Crippen LogP contribution in [0.5, 0.6) is 23.0 Å². The smallest absolute Gasteiger partial charge is 0.228 e. The Hall–Kier alpha value is -4.11. The summed E-state index contributed by atoms with van der Waals surface area (Å²) in [5.41, 5.74) is 2.24. The largest absolute Gasteiger partial charge is 0.493 e. The van der Waals surface area contributed by atoms with Gasteiger partial charge in [-0.25, -0.2) is 0 Å². The Bertz CT molecular complexity index is 1270. The minimum Gasteiger partial charge on any atom is -0.493 e. The lowest BCUT2D eigenvalue weighted by Gasteiger charge is -2.12. The van der Waals surface area contributed by atoms with Crippen molar-refractivity contribution in [3.05, 3.63) is 66.6 Å². The van der Waals surface area contributed by atoms with E-state index in [4.69, 9.17) is 18.9 Å². The number of benzene rings is 2. The van der Waals surface area contributed by atoms with Crippen LogP contribution in [-0.4, -0.2) is 48.6 Å². The third-order valence-electron chi connectivity index (χ3n) is 5.16. The quantitative estimate of drug-likeness (QED) is 0.379. The van der Waals surface area contributed by atoms with Gasteiger partial charge in [0.15, 0.2) is 11.5 Å². The summed E-state index contributed by atoms with van der Waals surface area (Å²) in [6.07, 6.45) is 5.31. The van der Waals surface area contributed by atoms with Crippen molar-refractivity contribution in [2.24, 2.45) is 0 Å². The fourth-order valence-electron chi connectivity index (χ4n) is 3.46. The molecule has 0 saturated carbocycles. The number of carbonyl (C=O) groups is 1. The number of ether oxygens (including phenoxy) is 4. The van der Waals surface area contributed by atoms with E-state index < -0.39 is 0 Å². The highest BCUT2D eigenvalue weighted by atomic mass is 16.5. The van der Waals surface area contributed by atoms with Gasteiger partial charge in [0.2, 0.25) is 5.91 Å². The highest BCUT2D eigenvalue weighted by Gasteiger charge is 2.12. The van der Waals surface area contributed by atoms with Crippen LogP contribution in [0.25, 0.3) is 10.9 Å². The van der Waals surface area contributed by atoms with Crippen LogP contribution in [0.4, 0.5) is 5.69 Å². The van der Waals surface area contributed by atoms with E-state index in [-0.39, 0.29) is 12.3 Å². The molecule has 9 nitrogen and oxygen atoms in total. The molecular weight excluding hydrogens is 436 g/mol. The van der Waals surface area contributed by atoms with Crippen molar-refractivity contribution in [1.82, 2.24) is 14.8 Å². The molecule has 0 unspecified atom stereocenters. The third kappa shape index (κ3) is 5.44. The average Bonchev–Trinajstić information content (AvgIpc) is 3.30. The summed E-state index contributed by atoms with van der Waals surface area (Å²) in [5.74, 6) is 2.36. The van der Waals surface area contributed by atoms with Crippen LogP contribution >= 0.6 is 0 Å². The first-order chi connectivity index (χ1) is 16.6. The molecule has 0 radical (unpaired) electrons.